The molecule has 13 atom stereocenters. The van der Waals surface area contributed by atoms with Crippen LogP contribution in [0.15, 0.2) is 85.1 Å². The number of allylic oxidation sites excluding steroid dienone is 13. The molecular weight excluding hydrogens is 767 g/mol. The van der Waals surface area contributed by atoms with E-state index in [1.54, 1.807) is 19.1 Å². The third-order valence-electron chi connectivity index (χ3n) is 11.1. The Morgan fingerprint density at radius 2 is 1.15 bits per heavy atom. The van der Waals surface area contributed by atoms with Gasteiger partial charge in [-0.15, -0.1) is 0 Å². The average molecular weight is 846 g/mol. The first-order chi connectivity index (χ1) is 28.7. The minimum absolute atomic E-state index is 0.0705. The van der Waals surface area contributed by atoms with Crippen LogP contribution >= 0.6 is 0 Å². The van der Waals surface area contributed by atoms with Gasteiger partial charge in [0.15, 0.2) is 12.1 Å². The molecule has 9 unspecified atom stereocenters. The van der Waals surface area contributed by atoms with Crippen LogP contribution in [0.5, 0.6) is 0 Å². The second-order valence-corrected chi connectivity index (χ2v) is 16.8. The molecule has 8 N–H and O–H groups in total. The Hall–Kier alpha value is -2.75. The van der Waals surface area contributed by atoms with Crippen molar-refractivity contribution in [3.05, 3.63) is 85.1 Å². The molecule has 2 fully saturated rings. The second-order valence-electron chi connectivity index (χ2n) is 16.8. The first kappa shape index (κ1) is 53.4. The van der Waals surface area contributed by atoms with Crippen LogP contribution in [0.1, 0.15) is 124 Å². The Bertz CT molecular complexity index is 1380. The van der Waals surface area contributed by atoms with Crippen molar-refractivity contribution in [2.24, 2.45) is 17.6 Å². The standard InChI is InChI=1S/C47H74O11.CH5N/c1-34-23-19-15-11-9-7-5-6-8-10-12-17-21-25-41(57-46-44(52)31-43(51)37(4)56-46)30-42-29-40(50)33-47(54,58-42)32-39(49)28-38(48)24-20-16-13-14-18-22-26-45(53)55-36(3)35(2)27-34;1-2/h5-12,15,17,19,21,23,25,34-44,46,48-52,54H,13-14,16,18,20,22,24,26-33H2,1-4H3;2H2,1H3/b6-5+,9-7+,10-8+,15-11+,17-12+,23-19+,25-21+;/t34?,35?,36?,37-,38?,39?,40?,41+,42?,43?,44+,46?,47-;/m1./s1. The molecule has 0 aromatic rings. The van der Waals surface area contributed by atoms with Gasteiger partial charge in [-0.25, -0.2) is 0 Å². The van der Waals surface area contributed by atoms with Crippen LogP contribution in [0, 0.1) is 11.8 Å². The Kier molecular flexibility index (Phi) is 27.0. The lowest BCUT2D eigenvalue weighted by Crippen LogP contribution is -2.50. The average Bonchev–Trinajstić information content (AvgIpc) is 3.17. The molecule has 0 amide bonds. The van der Waals surface area contributed by atoms with E-state index in [0.29, 0.717) is 18.8 Å². The van der Waals surface area contributed by atoms with Gasteiger partial charge < -0.3 is 55.3 Å². The quantitative estimate of drug-likeness (QED) is 0.148. The largest absolute Gasteiger partial charge is 0.462 e. The highest BCUT2D eigenvalue weighted by Gasteiger charge is 2.43. The van der Waals surface area contributed by atoms with E-state index in [4.69, 9.17) is 18.9 Å². The molecule has 3 aliphatic heterocycles. The Labute approximate surface area is 360 Å². The number of ether oxygens (including phenoxy) is 4. The molecule has 0 saturated carbocycles. The lowest BCUT2D eigenvalue weighted by molar-refractivity contribution is -0.296. The van der Waals surface area contributed by atoms with Gasteiger partial charge in [-0.05, 0) is 64.8 Å². The van der Waals surface area contributed by atoms with Crippen molar-refractivity contribution in [2.45, 2.75) is 191 Å². The molecule has 2 saturated heterocycles. The maximum absolute atomic E-state index is 12.5. The van der Waals surface area contributed by atoms with Crippen molar-refractivity contribution < 1.29 is 54.4 Å². The van der Waals surface area contributed by atoms with E-state index in [1.165, 1.54) is 7.05 Å². The van der Waals surface area contributed by atoms with Gasteiger partial charge in [0.1, 0.15) is 12.2 Å². The fraction of sp³-hybridized carbons (Fsp3) is 0.688. The van der Waals surface area contributed by atoms with E-state index in [-0.39, 0.29) is 56.5 Å². The summed E-state index contributed by atoms with van der Waals surface area (Å²) < 4.78 is 23.8. The zero-order chi connectivity index (χ0) is 44.3. The third kappa shape index (κ3) is 22.9. The molecular formula is C48H79NO11. The van der Waals surface area contributed by atoms with E-state index in [0.717, 1.165) is 44.9 Å². The minimum atomic E-state index is -1.81. The minimum Gasteiger partial charge on any atom is -0.462 e. The fourth-order valence-corrected chi connectivity index (χ4v) is 7.68. The lowest BCUT2D eigenvalue weighted by atomic mass is 9.90. The molecule has 342 valence electrons. The molecule has 60 heavy (non-hydrogen) atoms. The van der Waals surface area contributed by atoms with Crippen molar-refractivity contribution in [1.82, 2.24) is 0 Å². The molecule has 3 aliphatic rings. The van der Waals surface area contributed by atoms with Crippen LogP contribution in [0.25, 0.3) is 0 Å². The number of aliphatic hydroxyl groups is 6. The summed E-state index contributed by atoms with van der Waals surface area (Å²) in [4.78, 5) is 12.5. The zero-order valence-electron chi connectivity index (χ0n) is 36.9. The summed E-state index contributed by atoms with van der Waals surface area (Å²) >= 11 is 0. The first-order valence-electron chi connectivity index (χ1n) is 22.3. The predicted molar refractivity (Wildman–Crippen MR) is 236 cm³/mol. The topological polar surface area (TPSA) is 201 Å². The molecule has 0 aromatic carbocycles. The van der Waals surface area contributed by atoms with Gasteiger partial charge in [0, 0.05) is 32.1 Å². The van der Waals surface area contributed by atoms with Crippen LogP contribution in [0.3, 0.4) is 0 Å². The van der Waals surface area contributed by atoms with Crippen molar-refractivity contribution in [3.63, 3.8) is 0 Å². The second kappa shape index (κ2) is 30.3. The van der Waals surface area contributed by atoms with Crippen LogP contribution < -0.4 is 5.73 Å². The van der Waals surface area contributed by atoms with Crippen LogP contribution in [0.2, 0.25) is 0 Å². The van der Waals surface area contributed by atoms with Gasteiger partial charge in [0.25, 0.3) is 0 Å². The molecule has 0 radical (unpaired) electrons. The third-order valence-corrected chi connectivity index (χ3v) is 11.1. The number of hydrogen-bond donors (Lipinski definition) is 7. The van der Waals surface area contributed by atoms with E-state index in [2.05, 4.69) is 25.7 Å². The Morgan fingerprint density at radius 3 is 1.77 bits per heavy atom. The Morgan fingerprint density at radius 1 is 0.617 bits per heavy atom. The van der Waals surface area contributed by atoms with Crippen molar-refractivity contribution in [1.29, 1.82) is 0 Å². The SMILES string of the molecule is CC1/C=C/C=C/C=C/C=C/C=C/C=C/C=C/[C@H](OC2O[C@H](C)C(O)C[C@@H]2O)CC2CC(O)C[C@@](O)(CC(O)CC(O)CCCCCCCCC(=O)OC(C)C(C)C1)O2.CN. The molecule has 2 bridgehead atoms. The molecule has 3 heterocycles. The molecule has 0 aliphatic carbocycles. The molecule has 0 spiro atoms. The smallest absolute Gasteiger partial charge is 0.306 e. The summed E-state index contributed by atoms with van der Waals surface area (Å²) in [6.07, 6.45) is 27.0. The summed E-state index contributed by atoms with van der Waals surface area (Å²) in [7, 11) is 1.50. The maximum Gasteiger partial charge on any atom is 0.306 e. The maximum atomic E-state index is 12.5. The van der Waals surface area contributed by atoms with E-state index in [9.17, 15) is 35.4 Å². The van der Waals surface area contributed by atoms with Gasteiger partial charge in [0.05, 0.1) is 42.7 Å². The van der Waals surface area contributed by atoms with Gasteiger partial charge in [0.2, 0.25) is 0 Å². The zero-order valence-corrected chi connectivity index (χ0v) is 36.9. The summed E-state index contributed by atoms with van der Waals surface area (Å²) in [5.74, 6) is -1.38. The van der Waals surface area contributed by atoms with E-state index in [1.807, 2.05) is 73.8 Å². The highest BCUT2D eigenvalue weighted by Crippen LogP contribution is 2.35. The van der Waals surface area contributed by atoms with Crippen molar-refractivity contribution in [2.75, 3.05) is 7.05 Å². The van der Waals surface area contributed by atoms with Crippen LogP contribution in [0.4, 0.5) is 0 Å². The molecule has 12 nitrogen and oxygen atoms in total. The Balaban J connectivity index is 0.00000610. The number of carbonyl (C=O) groups excluding carboxylic acids is 1. The number of fused-ring (bicyclic) bond motifs is 2. The monoisotopic (exact) mass is 846 g/mol. The number of rotatable bonds is 2. The van der Waals surface area contributed by atoms with Crippen molar-refractivity contribution >= 4 is 5.97 Å². The summed E-state index contributed by atoms with van der Waals surface area (Å²) in [5.41, 5.74) is 4.50. The van der Waals surface area contributed by atoms with Gasteiger partial charge in [-0.2, -0.15) is 0 Å². The van der Waals surface area contributed by atoms with Gasteiger partial charge in [-0.1, -0.05) is 131 Å². The number of nitrogens with two attached hydrogens (primary N) is 1. The summed E-state index contributed by atoms with van der Waals surface area (Å²) in [6.45, 7) is 7.97. The molecule has 12 heteroatoms. The van der Waals surface area contributed by atoms with Gasteiger partial charge in [-0.3, -0.25) is 4.79 Å². The van der Waals surface area contributed by atoms with Crippen LogP contribution in [-0.2, 0) is 23.7 Å². The number of carbonyl (C=O) groups is 1. The number of hydrogen-bond acceptors (Lipinski definition) is 12. The highest BCUT2D eigenvalue weighted by atomic mass is 16.7. The van der Waals surface area contributed by atoms with Crippen LogP contribution in [-0.4, -0.2) is 111 Å². The van der Waals surface area contributed by atoms with E-state index >= 15 is 0 Å². The summed E-state index contributed by atoms with van der Waals surface area (Å²) in [5, 5.41) is 64.5. The van der Waals surface area contributed by atoms with Gasteiger partial charge >= 0.3 is 5.97 Å². The van der Waals surface area contributed by atoms with Crippen molar-refractivity contribution in [3.8, 4) is 0 Å². The highest BCUT2D eigenvalue weighted by molar-refractivity contribution is 5.69. The fourth-order valence-electron chi connectivity index (χ4n) is 7.68. The predicted octanol–water partition coefficient (Wildman–Crippen LogP) is 6.55. The number of esters is 1. The lowest BCUT2D eigenvalue weighted by Gasteiger charge is -2.42. The normalized spacial score (nSPS) is 40.8. The number of cyclic esters (lactones) is 1. The molecule has 0 aromatic heterocycles. The summed E-state index contributed by atoms with van der Waals surface area (Å²) in [6, 6.07) is 0. The molecule has 3 rings (SSSR count). The number of aliphatic hydroxyl groups excluding tert-OH is 5. The van der Waals surface area contributed by atoms with E-state index < -0.39 is 60.9 Å². The first-order valence-corrected chi connectivity index (χ1v) is 22.3.